The molecule has 6 nitrogen and oxygen atoms in total. The summed E-state index contributed by atoms with van der Waals surface area (Å²) < 4.78 is 33.1. The third-order valence-corrected chi connectivity index (χ3v) is 7.28. The summed E-state index contributed by atoms with van der Waals surface area (Å²) in [7, 11) is -3.61. The normalized spacial score (nSPS) is 22.1. The fourth-order valence-corrected chi connectivity index (χ4v) is 5.44. The van der Waals surface area contributed by atoms with E-state index < -0.39 is 10.0 Å². The lowest BCUT2D eigenvalue weighted by Gasteiger charge is -2.35. The molecule has 0 N–H and O–H groups in total. The van der Waals surface area contributed by atoms with Crippen LogP contribution in [-0.4, -0.2) is 62.9 Å². The minimum Gasteiger partial charge on any atom is -0.378 e. The number of amides is 1. The van der Waals surface area contributed by atoms with Crippen molar-refractivity contribution < 1.29 is 17.9 Å². The number of fused-ring (bicyclic) bond motifs is 1. The zero-order valence-corrected chi connectivity index (χ0v) is 16.0. The molecule has 2 aromatic carbocycles. The first-order valence-electron chi connectivity index (χ1n) is 9.41. The fourth-order valence-electron chi connectivity index (χ4n) is 3.88. The Bertz CT molecular complexity index is 938. The number of carbonyl (C=O) groups is 1. The second-order valence-electron chi connectivity index (χ2n) is 7.15. The van der Waals surface area contributed by atoms with Crippen molar-refractivity contribution in [1.29, 1.82) is 0 Å². The molecule has 2 fully saturated rings. The highest BCUT2D eigenvalue weighted by Gasteiger charge is 2.35. The molecule has 0 unspecified atom stereocenters. The van der Waals surface area contributed by atoms with E-state index in [0.717, 1.165) is 17.2 Å². The maximum absolute atomic E-state index is 13.2. The Morgan fingerprint density at radius 2 is 1.74 bits per heavy atom. The average molecular weight is 388 g/mol. The van der Waals surface area contributed by atoms with Gasteiger partial charge in [0.2, 0.25) is 15.9 Å². The van der Waals surface area contributed by atoms with Crippen molar-refractivity contribution in [1.82, 2.24) is 9.21 Å². The van der Waals surface area contributed by atoms with E-state index in [2.05, 4.69) is 0 Å². The van der Waals surface area contributed by atoms with E-state index in [1.807, 2.05) is 30.3 Å². The first-order valence-corrected chi connectivity index (χ1v) is 10.9. The molecule has 2 saturated heterocycles. The van der Waals surface area contributed by atoms with Gasteiger partial charge in [-0.05, 0) is 35.7 Å². The number of carbonyl (C=O) groups excluding carboxylic acids is 1. The molecular weight excluding hydrogens is 364 g/mol. The Kier molecular flexibility index (Phi) is 5.16. The number of sulfonamides is 1. The predicted molar refractivity (Wildman–Crippen MR) is 103 cm³/mol. The molecule has 0 saturated carbocycles. The highest BCUT2D eigenvalue weighted by atomic mass is 32.2. The van der Waals surface area contributed by atoms with Crippen molar-refractivity contribution in [2.45, 2.75) is 17.7 Å². The molecule has 27 heavy (non-hydrogen) atoms. The Morgan fingerprint density at radius 1 is 1.00 bits per heavy atom. The molecule has 0 radical (unpaired) electrons. The second kappa shape index (κ2) is 7.58. The Morgan fingerprint density at radius 3 is 2.52 bits per heavy atom. The second-order valence-corrected chi connectivity index (χ2v) is 9.09. The van der Waals surface area contributed by atoms with Gasteiger partial charge in [0.15, 0.2) is 0 Å². The molecule has 2 aliphatic heterocycles. The zero-order chi connectivity index (χ0) is 18.9. The summed E-state index contributed by atoms with van der Waals surface area (Å²) in [6.45, 7) is 3.00. The van der Waals surface area contributed by atoms with Crippen LogP contribution in [0.4, 0.5) is 0 Å². The highest BCUT2D eigenvalue weighted by molar-refractivity contribution is 7.89. The van der Waals surface area contributed by atoms with Crippen molar-refractivity contribution >= 4 is 26.7 Å². The van der Waals surface area contributed by atoms with Gasteiger partial charge in [0.25, 0.3) is 0 Å². The predicted octanol–water partition coefficient (Wildman–Crippen LogP) is 2.10. The van der Waals surface area contributed by atoms with Crippen molar-refractivity contribution in [2.75, 3.05) is 39.4 Å². The number of nitrogens with zero attached hydrogens (tertiary/aromatic N) is 2. The molecule has 2 aromatic rings. The highest BCUT2D eigenvalue weighted by Crippen LogP contribution is 2.27. The van der Waals surface area contributed by atoms with Gasteiger partial charge in [-0.1, -0.05) is 30.3 Å². The SMILES string of the molecule is O=C([C@@H]1CCCN(S(=O)(=O)c2ccc3ccccc3c2)C1)N1CCOCC1. The molecule has 2 heterocycles. The van der Waals surface area contributed by atoms with E-state index in [-0.39, 0.29) is 18.4 Å². The maximum atomic E-state index is 13.2. The first kappa shape index (κ1) is 18.4. The van der Waals surface area contributed by atoms with Crippen LogP contribution >= 0.6 is 0 Å². The van der Waals surface area contributed by atoms with E-state index in [1.54, 1.807) is 17.0 Å². The number of hydrogen-bond donors (Lipinski definition) is 0. The van der Waals surface area contributed by atoms with Crippen LogP contribution in [0.15, 0.2) is 47.4 Å². The maximum Gasteiger partial charge on any atom is 0.243 e. The largest absolute Gasteiger partial charge is 0.378 e. The van der Waals surface area contributed by atoms with Crippen molar-refractivity contribution in [3.05, 3.63) is 42.5 Å². The molecule has 1 amide bonds. The minimum absolute atomic E-state index is 0.0525. The molecule has 7 heteroatoms. The number of morpholine rings is 1. The van der Waals surface area contributed by atoms with Crippen LogP contribution in [0, 0.1) is 5.92 Å². The van der Waals surface area contributed by atoms with Crippen LogP contribution in [0.2, 0.25) is 0 Å². The summed E-state index contributed by atoms with van der Waals surface area (Å²) >= 11 is 0. The number of hydrogen-bond acceptors (Lipinski definition) is 4. The Labute approximate surface area is 159 Å². The van der Waals surface area contributed by atoms with Gasteiger partial charge in [0, 0.05) is 26.2 Å². The van der Waals surface area contributed by atoms with Gasteiger partial charge < -0.3 is 9.64 Å². The summed E-state index contributed by atoms with van der Waals surface area (Å²) in [5, 5.41) is 1.91. The topological polar surface area (TPSA) is 66.9 Å². The molecule has 4 rings (SSSR count). The van der Waals surface area contributed by atoms with Gasteiger partial charge in [-0.25, -0.2) is 8.42 Å². The molecule has 0 spiro atoms. The number of benzene rings is 2. The van der Waals surface area contributed by atoms with Gasteiger partial charge in [-0.3, -0.25) is 4.79 Å². The van der Waals surface area contributed by atoms with E-state index in [9.17, 15) is 13.2 Å². The third kappa shape index (κ3) is 3.72. The number of rotatable bonds is 3. The first-order chi connectivity index (χ1) is 13.1. The third-order valence-electron chi connectivity index (χ3n) is 5.41. The van der Waals surface area contributed by atoms with Gasteiger partial charge in [0.05, 0.1) is 24.0 Å². The minimum atomic E-state index is -3.61. The van der Waals surface area contributed by atoms with E-state index in [1.165, 1.54) is 4.31 Å². The monoisotopic (exact) mass is 388 g/mol. The van der Waals surface area contributed by atoms with Crippen LogP contribution in [0.1, 0.15) is 12.8 Å². The molecule has 144 valence electrons. The van der Waals surface area contributed by atoms with Crippen molar-refractivity contribution in [2.24, 2.45) is 5.92 Å². The van der Waals surface area contributed by atoms with Gasteiger partial charge in [0.1, 0.15) is 0 Å². The van der Waals surface area contributed by atoms with E-state index in [4.69, 9.17) is 4.74 Å². The lowest BCUT2D eigenvalue weighted by molar-refractivity contribution is -0.140. The van der Waals surface area contributed by atoms with Crippen molar-refractivity contribution in [3.63, 3.8) is 0 Å². The number of ether oxygens (including phenoxy) is 1. The lowest BCUT2D eigenvalue weighted by Crippen LogP contribution is -2.49. The number of piperidine rings is 1. The van der Waals surface area contributed by atoms with Gasteiger partial charge in [-0.2, -0.15) is 4.31 Å². The Hall–Kier alpha value is -1.96. The summed E-state index contributed by atoms with van der Waals surface area (Å²) in [6, 6.07) is 12.9. The smallest absolute Gasteiger partial charge is 0.243 e. The molecule has 0 aromatic heterocycles. The lowest BCUT2D eigenvalue weighted by atomic mass is 9.98. The van der Waals surface area contributed by atoms with Crippen molar-refractivity contribution in [3.8, 4) is 0 Å². The van der Waals surface area contributed by atoms with Crippen LogP contribution in [-0.2, 0) is 19.6 Å². The molecule has 0 bridgehead atoms. The molecular formula is C20H24N2O4S. The van der Waals surface area contributed by atoms with Gasteiger partial charge >= 0.3 is 0 Å². The molecule has 2 aliphatic rings. The van der Waals surface area contributed by atoms with Crippen LogP contribution in [0.25, 0.3) is 10.8 Å². The quantitative estimate of drug-likeness (QED) is 0.808. The van der Waals surface area contributed by atoms with Crippen LogP contribution < -0.4 is 0 Å². The summed E-state index contributed by atoms with van der Waals surface area (Å²) in [5.74, 6) is -0.219. The van der Waals surface area contributed by atoms with E-state index >= 15 is 0 Å². The molecule has 1 atom stereocenters. The molecule has 0 aliphatic carbocycles. The average Bonchev–Trinajstić information content (AvgIpc) is 2.73. The van der Waals surface area contributed by atoms with Crippen LogP contribution in [0.5, 0.6) is 0 Å². The zero-order valence-electron chi connectivity index (χ0n) is 15.2. The standard InChI is InChI=1S/C20H24N2O4S/c23-20(21-10-12-26-13-11-21)18-6-3-9-22(15-18)27(24,25)19-8-7-16-4-1-2-5-17(16)14-19/h1-2,4-5,7-8,14,18H,3,6,9-13,15H2/t18-/m1/s1. The summed E-state index contributed by atoms with van der Waals surface area (Å²) in [6.07, 6.45) is 1.44. The van der Waals surface area contributed by atoms with E-state index in [0.29, 0.717) is 44.2 Å². The van der Waals surface area contributed by atoms with Gasteiger partial charge in [-0.15, -0.1) is 0 Å². The Balaban J connectivity index is 1.54. The summed E-state index contributed by atoms with van der Waals surface area (Å²) in [4.78, 5) is 14.9. The fraction of sp³-hybridized carbons (Fsp3) is 0.450. The summed E-state index contributed by atoms with van der Waals surface area (Å²) in [5.41, 5.74) is 0. The van der Waals surface area contributed by atoms with Crippen LogP contribution in [0.3, 0.4) is 0 Å².